The molecule has 0 aliphatic carbocycles. The van der Waals surface area contributed by atoms with E-state index < -0.39 is 0 Å². The van der Waals surface area contributed by atoms with E-state index in [1.165, 1.54) is 16.7 Å². The van der Waals surface area contributed by atoms with Crippen LogP contribution in [0, 0.1) is 13.8 Å². The summed E-state index contributed by atoms with van der Waals surface area (Å²) < 4.78 is 0. The van der Waals surface area contributed by atoms with E-state index in [-0.39, 0.29) is 5.41 Å². The van der Waals surface area contributed by atoms with Crippen molar-refractivity contribution in [3.8, 4) is 0 Å². The standard InChI is InChI=1S/C17H30N2/c1-13-8-9-16(11-14(13)2)17(4,5)12-19-10-6-7-15(3)18/h8-9,11,15,19H,6-7,10,12,18H2,1-5H3. The van der Waals surface area contributed by atoms with Gasteiger partial charge in [-0.05, 0) is 56.8 Å². The molecule has 1 aromatic carbocycles. The molecule has 108 valence electrons. The van der Waals surface area contributed by atoms with Gasteiger partial charge in [-0.1, -0.05) is 32.0 Å². The summed E-state index contributed by atoms with van der Waals surface area (Å²) in [6.07, 6.45) is 2.25. The quantitative estimate of drug-likeness (QED) is 0.740. The first-order valence-electron chi connectivity index (χ1n) is 7.37. The summed E-state index contributed by atoms with van der Waals surface area (Å²) in [5.41, 5.74) is 10.1. The molecule has 0 aliphatic rings. The van der Waals surface area contributed by atoms with Crippen molar-refractivity contribution in [3.63, 3.8) is 0 Å². The molecule has 19 heavy (non-hydrogen) atoms. The van der Waals surface area contributed by atoms with Gasteiger partial charge in [0.05, 0.1) is 0 Å². The van der Waals surface area contributed by atoms with Crippen molar-refractivity contribution in [2.75, 3.05) is 13.1 Å². The molecule has 0 bridgehead atoms. The minimum absolute atomic E-state index is 0.173. The van der Waals surface area contributed by atoms with E-state index in [1.54, 1.807) is 0 Å². The Morgan fingerprint density at radius 3 is 2.47 bits per heavy atom. The zero-order chi connectivity index (χ0) is 14.5. The Bertz CT molecular complexity index is 394. The lowest BCUT2D eigenvalue weighted by Gasteiger charge is -2.26. The van der Waals surface area contributed by atoms with Crippen LogP contribution in [0.2, 0.25) is 0 Å². The van der Waals surface area contributed by atoms with E-state index in [2.05, 4.69) is 58.1 Å². The highest BCUT2D eigenvalue weighted by atomic mass is 14.9. The number of nitrogens with two attached hydrogens (primary N) is 1. The van der Waals surface area contributed by atoms with Crippen molar-refractivity contribution in [2.45, 2.75) is 58.9 Å². The third-order valence-electron chi connectivity index (χ3n) is 3.87. The molecule has 0 aromatic heterocycles. The Hall–Kier alpha value is -0.860. The van der Waals surface area contributed by atoms with Crippen LogP contribution in [0.25, 0.3) is 0 Å². The fourth-order valence-corrected chi connectivity index (χ4v) is 2.21. The third-order valence-corrected chi connectivity index (χ3v) is 3.87. The molecule has 0 fully saturated rings. The van der Waals surface area contributed by atoms with Crippen molar-refractivity contribution in [1.29, 1.82) is 0 Å². The third kappa shape index (κ3) is 5.33. The van der Waals surface area contributed by atoms with Gasteiger partial charge in [0.1, 0.15) is 0 Å². The van der Waals surface area contributed by atoms with E-state index in [9.17, 15) is 0 Å². The summed E-state index contributed by atoms with van der Waals surface area (Å²) in [6, 6.07) is 7.11. The monoisotopic (exact) mass is 262 g/mol. The number of benzene rings is 1. The summed E-state index contributed by atoms with van der Waals surface area (Å²) in [5.74, 6) is 0. The molecule has 1 atom stereocenters. The number of hydrogen-bond donors (Lipinski definition) is 2. The van der Waals surface area contributed by atoms with Crippen LogP contribution in [-0.4, -0.2) is 19.1 Å². The van der Waals surface area contributed by atoms with Gasteiger partial charge >= 0.3 is 0 Å². The molecule has 1 unspecified atom stereocenters. The smallest absolute Gasteiger partial charge is 0.00431 e. The molecule has 3 N–H and O–H groups in total. The Morgan fingerprint density at radius 1 is 1.21 bits per heavy atom. The lowest BCUT2D eigenvalue weighted by Crippen LogP contribution is -2.34. The van der Waals surface area contributed by atoms with Gasteiger partial charge < -0.3 is 11.1 Å². The van der Waals surface area contributed by atoms with Crippen molar-refractivity contribution in [3.05, 3.63) is 34.9 Å². The predicted octanol–water partition coefficient (Wildman–Crippen LogP) is 3.30. The second kappa shape index (κ2) is 7.06. The van der Waals surface area contributed by atoms with Crippen LogP contribution in [0.3, 0.4) is 0 Å². The van der Waals surface area contributed by atoms with Crippen LogP contribution in [0.15, 0.2) is 18.2 Å². The van der Waals surface area contributed by atoms with Crippen molar-refractivity contribution in [1.82, 2.24) is 5.32 Å². The van der Waals surface area contributed by atoms with Gasteiger partial charge in [-0.3, -0.25) is 0 Å². The van der Waals surface area contributed by atoms with Crippen LogP contribution >= 0.6 is 0 Å². The molecule has 0 amide bonds. The SMILES string of the molecule is Cc1ccc(C(C)(C)CNCCCC(C)N)cc1C. The maximum Gasteiger partial charge on any atom is 0.00431 e. The van der Waals surface area contributed by atoms with Gasteiger partial charge in [-0.15, -0.1) is 0 Å². The van der Waals surface area contributed by atoms with E-state index in [4.69, 9.17) is 5.73 Å². The van der Waals surface area contributed by atoms with Crippen LogP contribution in [0.1, 0.15) is 50.3 Å². The zero-order valence-electron chi connectivity index (χ0n) is 13.2. The summed E-state index contributed by atoms with van der Waals surface area (Å²) in [7, 11) is 0. The first-order chi connectivity index (χ1) is 8.83. The first kappa shape index (κ1) is 16.2. The highest BCUT2D eigenvalue weighted by molar-refractivity contribution is 5.34. The fourth-order valence-electron chi connectivity index (χ4n) is 2.21. The number of rotatable bonds is 7. The number of nitrogens with one attached hydrogen (secondary N) is 1. The van der Waals surface area contributed by atoms with E-state index in [0.717, 1.165) is 25.9 Å². The largest absolute Gasteiger partial charge is 0.328 e. The highest BCUT2D eigenvalue weighted by Gasteiger charge is 2.20. The van der Waals surface area contributed by atoms with E-state index in [0.29, 0.717) is 6.04 Å². The van der Waals surface area contributed by atoms with Gasteiger partial charge in [0.15, 0.2) is 0 Å². The Morgan fingerprint density at radius 2 is 1.89 bits per heavy atom. The van der Waals surface area contributed by atoms with Gasteiger partial charge in [0, 0.05) is 18.0 Å². The van der Waals surface area contributed by atoms with Crippen LogP contribution in [0.4, 0.5) is 0 Å². The minimum Gasteiger partial charge on any atom is -0.328 e. The molecular weight excluding hydrogens is 232 g/mol. The van der Waals surface area contributed by atoms with Gasteiger partial charge in [0.25, 0.3) is 0 Å². The molecule has 1 rings (SSSR count). The van der Waals surface area contributed by atoms with Crippen molar-refractivity contribution < 1.29 is 0 Å². The molecule has 1 aromatic rings. The molecule has 2 nitrogen and oxygen atoms in total. The average Bonchev–Trinajstić information content (AvgIpc) is 2.31. The average molecular weight is 262 g/mol. The van der Waals surface area contributed by atoms with E-state index >= 15 is 0 Å². The Balaban J connectivity index is 2.48. The van der Waals surface area contributed by atoms with Crippen molar-refractivity contribution in [2.24, 2.45) is 5.73 Å². The summed E-state index contributed by atoms with van der Waals surface area (Å²) >= 11 is 0. The van der Waals surface area contributed by atoms with Gasteiger partial charge in [0.2, 0.25) is 0 Å². The molecule has 0 spiro atoms. The normalized spacial score (nSPS) is 13.6. The van der Waals surface area contributed by atoms with Gasteiger partial charge in [-0.2, -0.15) is 0 Å². The molecule has 0 aliphatic heterocycles. The second-order valence-corrected chi connectivity index (χ2v) is 6.48. The number of hydrogen-bond acceptors (Lipinski definition) is 2. The summed E-state index contributed by atoms with van der Waals surface area (Å²) in [6.45, 7) is 13.1. The molecular formula is C17H30N2. The predicted molar refractivity (Wildman–Crippen MR) is 84.7 cm³/mol. The van der Waals surface area contributed by atoms with E-state index in [1.807, 2.05) is 0 Å². The molecule has 0 saturated carbocycles. The second-order valence-electron chi connectivity index (χ2n) is 6.48. The lowest BCUT2D eigenvalue weighted by atomic mass is 9.83. The minimum atomic E-state index is 0.173. The molecule has 0 radical (unpaired) electrons. The summed E-state index contributed by atoms with van der Waals surface area (Å²) in [4.78, 5) is 0. The molecule has 0 saturated heterocycles. The topological polar surface area (TPSA) is 38.0 Å². The fraction of sp³-hybridized carbons (Fsp3) is 0.647. The first-order valence-corrected chi connectivity index (χ1v) is 7.37. The van der Waals surface area contributed by atoms with Crippen LogP contribution in [-0.2, 0) is 5.41 Å². The van der Waals surface area contributed by atoms with Crippen molar-refractivity contribution >= 4 is 0 Å². The maximum absolute atomic E-state index is 5.75. The highest BCUT2D eigenvalue weighted by Crippen LogP contribution is 2.24. The number of aryl methyl sites for hydroxylation is 2. The summed E-state index contributed by atoms with van der Waals surface area (Å²) in [5, 5.41) is 3.56. The van der Waals surface area contributed by atoms with Gasteiger partial charge in [-0.25, -0.2) is 0 Å². The Labute approximate surface area is 118 Å². The van der Waals surface area contributed by atoms with Crippen LogP contribution < -0.4 is 11.1 Å². The maximum atomic E-state index is 5.75. The molecule has 2 heteroatoms. The zero-order valence-corrected chi connectivity index (χ0v) is 13.2. The Kier molecular flexibility index (Phi) is 6.02. The molecule has 0 heterocycles. The van der Waals surface area contributed by atoms with Crippen LogP contribution in [0.5, 0.6) is 0 Å². The lowest BCUT2D eigenvalue weighted by molar-refractivity contribution is 0.458.